The molecule has 0 rings (SSSR count). The van der Waals surface area contributed by atoms with Gasteiger partial charge >= 0.3 is 0 Å². The van der Waals surface area contributed by atoms with Gasteiger partial charge in [0.15, 0.2) is 0 Å². The zero-order valence-corrected chi connectivity index (χ0v) is 7.78. The monoisotopic (exact) mass is 192 g/mol. The molecule has 0 spiro atoms. The minimum Gasteiger partial charge on any atom is -0.355 e. The van der Waals surface area contributed by atoms with Gasteiger partial charge in [-0.3, -0.25) is 9.59 Å². The van der Waals surface area contributed by atoms with Crippen LogP contribution in [-0.4, -0.2) is 30.8 Å². The minimum atomic E-state index is -0.330. The lowest BCUT2D eigenvalue weighted by Crippen LogP contribution is -2.37. The fraction of sp³-hybridized carbons (Fsp3) is 0.714. The van der Waals surface area contributed by atoms with Gasteiger partial charge in [-0.2, -0.15) is 0 Å². The Kier molecular flexibility index (Phi) is 6.47. The van der Waals surface area contributed by atoms with Crippen LogP contribution in [-0.2, 0) is 9.59 Å². The van der Waals surface area contributed by atoms with E-state index in [1.54, 1.807) is 0 Å². The molecule has 0 aliphatic heterocycles. The Labute approximate surface area is 76.7 Å². The third kappa shape index (κ3) is 5.97. The number of hydrogen-bond acceptors (Lipinski definition) is 2. The SMILES string of the molecule is CCCNC(=O)CNC(=O)CCl. The molecular weight excluding hydrogens is 180 g/mol. The normalized spacial score (nSPS) is 9.17. The van der Waals surface area contributed by atoms with E-state index in [9.17, 15) is 9.59 Å². The second-order valence-corrected chi connectivity index (χ2v) is 2.53. The first-order valence-electron chi connectivity index (χ1n) is 3.80. The van der Waals surface area contributed by atoms with Crippen molar-refractivity contribution in [3.05, 3.63) is 0 Å². The molecule has 4 nitrogen and oxygen atoms in total. The van der Waals surface area contributed by atoms with Crippen molar-refractivity contribution in [3.8, 4) is 0 Å². The third-order valence-electron chi connectivity index (χ3n) is 1.14. The number of amides is 2. The molecule has 0 atom stereocenters. The zero-order valence-electron chi connectivity index (χ0n) is 7.02. The first kappa shape index (κ1) is 11.2. The highest BCUT2D eigenvalue weighted by Crippen LogP contribution is 1.74. The quantitative estimate of drug-likeness (QED) is 0.597. The summed E-state index contributed by atoms with van der Waals surface area (Å²) in [4.78, 5) is 21.4. The van der Waals surface area contributed by atoms with Crippen LogP contribution in [0.15, 0.2) is 0 Å². The van der Waals surface area contributed by atoms with Crippen LogP contribution in [0.2, 0.25) is 0 Å². The summed E-state index contributed by atoms with van der Waals surface area (Å²) in [6.45, 7) is 2.60. The molecule has 0 fully saturated rings. The number of alkyl halides is 1. The summed E-state index contributed by atoms with van der Waals surface area (Å²) in [5.41, 5.74) is 0. The van der Waals surface area contributed by atoms with Crippen LogP contribution >= 0.6 is 11.6 Å². The molecule has 70 valence electrons. The van der Waals surface area contributed by atoms with E-state index in [0.29, 0.717) is 6.54 Å². The summed E-state index contributed by atoms with van der Waals surface area (Å²) in [5, 5.41) is 4.97. The molecule has 12 heavy (non-hydrogen) atoms. The fourth-order valence-electron chi connectivity index (χ4n) is 0.553. The summed E-state index contributed by atoms with van der Waals surface area (Å²) in [6.07, 6.45) is 0.884. The lowest BCUT2D eigenvalue weighted by molar-refractivity contribution is -0.124. The van der Waals surface area contributed by atoms with Crippen molar-refractivity contribution < 1.29 is 9.59 Å². The number of halogens is 1. The van der Waals surface area contributed by atoms with Gasteiger partial charge in [0, 0.05) is 6.54 Å². The minimum absolute atomic E-state index is 0.00551. The Hall–Kier alpha value is -0.770. The van der Waals surface area contributed by atoms with Gasteiger partial charge in [-0.1, -0.05) is 6.92 Å². The summed E-state index contributed by atoms with van der Waals surface area (Å²) >= 11 is 5.20. The molecule has 0 radical (unpaired) electrons. The Bertz CT molecular complexity index is 161. The van der Waals surface area contributed by atoms with Gasteiger partial charge in [-0.25, -0.2) is 0 Å². The maximum Gasteiger partial charge on any atom is 0.239 e. The summed E-state index contributed by atoms with van der Waals surface area (Å²) in [6, 6.07) is 0. The highest BCUT2D eigenvalue weighted by Gasteiger charge is 2.01. The van der Waals surface area contributed by atoms with Gasteiger partial charge in [0.25, 0.3) is 0 Å². The van der Waals surface area contributed by atoms with E-state index >= 15 is 0 Å². The van der Waals surface area contributed by atoms with E-state index in [1.807, 2.05) is 6.92 Å². The van der Waals surface area contributed by atoms with E-state index in [2.05, 4.69) is 10.6 Å². The van der Waals surface area contributed by atoms with Crippen LogP contribution in [0.25, 0.3) is 0 Å². The standard InChI is InChI=1S/C7H13ClN2O2/c1-2-3-9-7(12)5-10-6(11)4-8/h2-5H2,1H3,(H,9,12)(H,10,11). The first-order chi connectivity index (χ1) is 5.70. The molecule has 0 heterocycles. The van der Waals surface area contributed by atoms with Crippen molar-refractivity contribution in [1.29, 1.82) is 0 Å². The van der Waals surface area contributed by atoms with Crippen molar-refractivity contribution in [1.82, 2.24) is 10.6 Å². The van der Waals surface area contributed by atoms with Crippen LogP contribution in [0.1, 0.15) is 13.3 Å². The molecule has 0 aliphatic carbocycles. The Morgan fingerprint density at radius 1 is 1.25 bits per heavy atom. The van der Waals surface area contributed by atoms with Crippen molar-refractivity contribution in [2.75, 3.05) is 19.0 Å². The molecule has 2 amide bonds. The predicted octanol–water partition coefficient (Wildman–Crippen LogP) is -0.132. The number of carbonyl (C=O) groups is 2. The van der Waals surface area contributed by atoms with E-state index in [0.717, 1.165) is 6.42 Å². The molecule has 0 aromatic rings. The van der Waals surface area contributed by atoms with Gasteiger partial charge in [0.1, 0.15) is 5.88 Å². The molecule has 0 saturated carbocycles. The molecule has 0 aromatic carbocycles. The third-order valence-corrected chi connectivity index (χ3v) is 1.38. The maximum atomic E-state index is 10.9. The average Bonchev–Trinajstić information content (AvgIpc) is 2.10. The number of carbonyl (C=O) groups excluding carboxylic acids is 2. The summed E-state index contributed by atoms with van der Waals surface area (Å²) in [7, 11) is 0. The first-order valence-corrected chi connectivity index (χ1v) is 4.33. The highest BCUT2D eigenvalue weighted by molar-refractivity contribution is 6.27. The van der Waals surface area contributed by atoms with Gasteiger partial charge in [-0.15, -0.1) is 11.6 Å². The van der Waals surface area contributed by atoms with Crippen molar-refractivity contribution in [2.45, 2.75) is 13.3 Å². The molecular formula is C7H13ClN2O2. The molecule has 0 unspecified atom stereocenters. The van der Waals surface area contributed by atoms with Gasteiger partial charge in [0.2, 0.25) is 11.8 Å². The number of nitrogens with one attached hydrogen (secondary N) is 2. The van der Waals surface area contributed by atoms with Crippen LogP contribution in [0.3, 0.4) is 0 Å². The molecule has 2 N–H and O–H groups in total. The van der Waals surface area contributed by atoms with Crippen LogP contribution < -0.4 is 10.6 Å². The predicted molar refractivity (Wildman–Crippen MR) is 47.0 cm³/mol. The van der Waals surface area contributed by atoms with Crippen LogP contribution in [0.5, 0.6) is 0 Å². The van der Waals surface area contributed by atoms with Crippen molar-refractivity contribution in [2.24, 2.45) is 0 Å². The maximum absolute atomic E-state index is 10.9. The molecule has 5 heteroatoms. The molecule has 0 aliphatic rings. The van der Waals surface area contributed by atoms with E-state index in [4.69, 9.17) is 11.6 Å². The smallest absolute Gasteiger partial charge is 0.239 e. The topological polar surface area (TPSA) is 58.2 Å². The highest BCUT2D eigenvalue weighted by atomic mass is 35.5. The van der Waals surface area contributed by atoms with Gasteiger partial charge in [-0.05, 0) is 6.42 Å². The van der Waals surface area contributed by atoms with E-state index < -0.39 is 0 Å². The Morgan fingerprint density at radius 2 is 1.92 bits per heavy atom. The lowest BCUT2D eigenvalue weighted by atomic mass is 10.4. The molecule has 0 aromatic heterocycles. The Balaban J connectivity index is 3.37. The average molecular weight is 193 g/mol. The van der Waals surface area contributed by atoms with Crippen LogP contribution in [0, 0.1) is 0 Å². The summed E-state index contributed by atoms with van der Waals surface area (Å²) in [5.74, 6) is -0.625. The van der Waals surface area contributed by atoms with Crippen molar-refractivity contribution >= 4 is 23.4 Å². The lowest BCUT2D eigenvalue weighted by Gasteiger charge is -2.03. The van der Waals surface area contributed by atoms with Gasteiger partial charge in [0.05, 0.1) is 6.54 Å². The second kappa shape index (κ2) is 6.91. The molecule has 0 bridgehead atoms. The number of hydrogen-bond donors (Lipinski definition) is 2. The van der Waals surface area contributed by atoms with E-state index in [1.165, 1.54) is 0 Å². The van der Waals surface area contributed by atoms with E-state index in [-0.39, 0.29) is 24.2 Å². The second-order valence-electron chi connectivity index (χ2n) is 2.26. The molecule has 0 saturated heterocycles. The number of rotatable bonds is 5. The Morgan fingerprint density at radius 3 is 2.42 bits per heavy atom. The van der Waals surface area contributed by atoms with Crippen LogP contribution in [0.4, 0.5) is 0 Å². The van der Waals surface area contributed by atoms with Crippen molar-refractivity contribution in [3.63, 3.8) is 0 Å². The zero-order chi connectivity index (χ0) is 9.40. The largest absolute Gasteiger partial charge is 0.355 e. The van der Waals surface area contributed by atoms with Gasteiger partial charge < -0.3 is 10.6 Å². The summed E-state index contributed by atoms with van der Waals surface area (Å²) < 4.78 is 0. The fourth-order valence-corrected chi connectivity index (χ4v) is 0.648.